The van der Waals surface area contributed by atoms with Crippen LogP contribution in [0.3, 0.4) is 0 Å². The van der Waals surface area contributed by atoms with E-state index in [2.05, 4.69) is 6.07 Å². The molecule has 1 aromatic carbocycles. The van der Waals surface area contributed by atoms with Gasteiger partial charge in [0.05, 0.1) is 5.41 Å². The van der Waals surface area contributed by atoms with Crippen LogP contribution >= 0.6 is 0 Å². The van der Waals surface area contributed by atoms with Crippen LogP contribution in [0.15, 0.2) is 24.3 Å². The molecule has 3 heteroatoms. The van der Waals surface area contributed by atoms with E-state index in [4.69, 9.17) is 4.74 Å². The molecule has 0 bridgehead atoms. The summed E-state index contributed by atoms with van der Waals surface area (Å²) < 4.78 is 5.12. The monoisotopic (exact) mass is 256 g/mol. The molecule has 0 unspecified atom stereocenters. The molecule has 2 fully saturated rings. The van der Waals surface area contributed by atoms with Gasteiger partial charge >= 0.3 is 11.9 Å². The molecule has 0 aromatic heterocycles. The van der Waals surface area contributed by atoms with Crippen molar-refractivity contribution in [3.8, 4) is 0 Å². The second-order valence-corrected chi connectivity index (χ2v) is 6.03. The van der Waals surface area contributed by atoms with E-state index < -0.39 is 10.8 Å². The van der Waals surface area contributed by atoms with Gasteiger partial charge in [0, 0.05) is 0 Å². The van der Waals surface area contributed by atoms with Crippen molar-refractivity contribution in [3.05, 3.63) is 35.4 Å². The largest absolute Gasteiger partial charge is 0.392 e. The van der Waals surface area contributed by atoms with E-state index in [1.807, 2.05) is 18.2 Å². The first-order valence-electron chi connectivity index (χ1n) is 7.06. The number of carbonyl (C=O) groups is 2. The van der Waals surface area contributed by atoms with Crippen molar-refractivity contribution in [3.63, 3.8) is 0 Å². The number of hydrogen-bond acceptors (Lipinski definition) is 3. The molecule has 3 nitrogen and oxygen atoms in total. The smallest absolute Gasteiger partial charge is 0.325 e. The van der Waals surface area contributed by atoms with E-state index in [9.17, 15) is 9.59 Å². The molecule has 1 heterocycles. The van der Waals surface area contributed by atoms with E-state index in [-0.39, 0.29) is 11.9 Å². The summed E-state index contributed by atoms with van der Waals surface area (Å²) >= 11 is 0. The van der Waals surface area contributed by atoms with Gasteiger partial charge in [0.15, 0.2) is 0 Å². The third kappa shape index (κ3) is 1.10. The fourth-order valence-corrected chi connectivity index (χ4v) is 4.56. The molecular weight excluding hydrogens is 240 g/mol. The van der Waals surface area contributed by atoms with Gasteiger partial charge in [0.1, 0.15) is 5.41 Å². The Hall–Kier alpha value is -1.64. The van der Waals surface area contributed by atoms with Crippen LogP contribution in [-0.2, 0) is 26.2 Å². The lowest BCUT2D eigenvalue weighted by Gasteiger charge is -2.48. The van der Waals surface area contributed by atoms with Gasteiger partial charge in [0.25, 0.3) is 0 Å². The van der Waals surface area contributed by atoms with Gasteiger partial charge in [-0.15, -0.1) is 0 Å². The zero-order valence-electron chi connectivity index (χ0n) is 10.8. The van der Waals surface area contributed by atoms with Crippen molar-refractivity contribution >= 4 is 11.9 Å². The maximum absolute atomic E-state index is 12.5. The first-order chi connectivity index (χ1) is 9.21. The lowest BCUT2D eigenvalue weighted by Crippen LogP contribution is -2.53. The molecule has 19 heavy (non-hydrogen) atoms. The van der Waals surface area contributed by atoms with E-state index in [0.717, 1.165) is 44.1 Å². The SMILES string of the molecule is O=C1OC(=O)[C@]23CCCC[C@@]12CCc1ccccc13. The highest BCUT2D eigenvalue weighted by Crippen LogP contribution is 2.62. The zero-order chi connectivity index (χ0) is 13.1. The fourth-order valence-electron chi connectivity index (χ4n) is 4.56. The maximum Gasteiger partial charge on any atom is 0.325 e. The number of cyclic esters (lactones) is 2. The van der Waals surface area contributed by atoms with Gasteiger partial charge in [-0.25, -0.2) is 0 Å². The molecule has 1 saturated heterocycles. The van der Waals surface area contributed by atoms with Gasteiger partial charge in [-0.1, -0.05) is 37.1 Å². The summed E-state index contributed by atoms with van der Waals surface area (Å²) in [6.45, 7) is 0. The summed E-state index contributed by atoms with van der Waals surface area (Å²) in [5, 5.41) is 0. The molecular formula is C16H16O3. The molecule has 3 aliphatic rings. The van der Waals surface area contributed by atoms with Crippen LogP contribution in [0, 0.1) is 5.41 Å². The highest BCUT2D eigenvalue weighted by molar-refractivity contribution is 6.06. The van der Waals surface area contributed by atoms with Gasteiger partial charge < -0.3 is 4.74 Å². The Labute approximate surface area is 111 Å². The minimum atomic E-state index is -0.683. The van der Waals surface area contributed by atoms with Gasteiger partial charge in [-0.05, 0) is 36.8 Å². The molecule has 4 rings (SSSR count). The number of fused-ring (bicyclic) bond motifs is 1. The standard InChI is InChI=1S/C16H16O3/c17-13-15-8-3-4-9-16(15,14(18)19-13)12-6-2-1-5-11(12)7-10-15/h1-2,5-6H,3-4,7-10H2/t15-,16-/m1/s1. The van der Waals surface area contributed by atoms with Crippen molar-refractivity contribution < 1.29 is 14.3 Å². The van der Waals surface area contributed by atoms with Crippen LogP contribution in [0.25, 0.3) is 0 Å². The van der Waals surface area contributed by atoms with Crippen LogP contribution in [0.4, 0.5) is 0 Å². The van der Waals surface area contributed by atoms with Crippen LogP contribution in [0.1, 0.15) is 43.2 Å². The number of rotatable bonds is 0. The fraction of sp³-hybridized carbons (Fsp3) is 0.500. The van der Waals surface area contributed by atoms with Crippen molar-refractivity contribution in [1.29, 1.82) is 0 Å². The summed E-state index contributed by atoms with van der Waals surface area (Å²) in [6, 6.07) is 8.08. The Morgan fingerprint density at radius 1 is 0.947 bits per heavy atom. The molecule has 0 N–H and O–H groups in total. The third-order valence-corrected chi connectivity index (χ3v) is 5.45. The predicted molar refractivity (Wildman–Crippen MR) is 68.4 cm³/mol. The highest BCUT2D eigenvalue weighted by atomic mass is 16.6. The van der Waals surface area contributed by atoms with Crippen LogP contribution in [0.5, 0.6) is 0 Å². The molecule has 0 spiro atoms. The molecule has 0 amide bonds. The second kappa shape index (κ2) is 3.47. The molecule has 2 aliphatic carbocycles. The van der Waals surface area contributed by atoms with Crippen molar-refractivity contribution in [1.82, 2.24) is 0 Å². The number of carbonyl (C=O) groups excluding carboxylic acids is 2. The molecule has 98 valence electrons. The maximum atomic E-state index is 12.5. The van der Waals surface area contributed by atoms with Crippen LogP contribution in [0.2, 0.25) is 0 Å². The lowest BCUT2D eigenvalue weighted by molar-refractivity contribution is -0.155. The third-order valence-electron chi connectivity index (χ3n) is 5.45. The van der Waals surface area contributed by atoms with Gasteiger partial charge in [0.2, 0.25) is 0 Å². The summed E-state index contributed by atoms with van der Waals surface area (Å²) in [5.41, 5.74) is 1.01. The summed E-state index contributed by atoms with van der Waals surface area (Å²) in [7, 11) is 0. The first-order valence-corrected chi connectivity index (χ1v) is 7.06. The predicted octanol–water partition coefficient (Wildman–Crippen LogP) is 2.51. The quantitative estimate of drug-likeness (QED) is 0.529. The lowest BCUT2D eigenvalue weighted by atomic mass is 9.49. The molecule has 1 saturated carbocycles. The van der Waals surface area contributed by atoms with Crippen molar-refractivity contribution in [2.45, 2.75) is 43.9 Å². The van der Waals surface area contributed by atoms with E-state index in [1.165, 1.54) is 5.56 Å². The Balaban J connectivity index is 2.04. The zero-order valence-corrected chi connectivity index (χ0v) is 10.8. The van der Waals surface area contributed by atoms with Gasteiger partial charge in [-0.3, -0.25) is 9.59 Å². The van der Waals surface area contributed by atoms with E-state index in [0.29, 0.717) is 0 Å². The van der Waals surface area contributed by atoms with Crippen LogP contribution < -0.4 is 0 Å². The topological polar surface area (TPSA) is 43.4 Å². The Morgan fingerprint density at radius 2 is 1.74 bits per heavy atom. The summed E-state index contributed by atoms with van der Waals surface area (Å²) in [6.07, 6.45) is 5.21. The first kappa shape index (κ1) is 11.2. The number of aryl methyl sites for hydroxylation is 1. The van der Waals surface area contributed by atoms with Crippen molar-refractivity contribution in [2.75, 3.05) is 0 Å². The highest BCUT2D eigenvalue weighted by Gasteiger charge is 2.70. The molecule has 1 aliphatic heterocycles. The van der Waals surface area contributed by atoms with E-state index >= 15 is 0 Å². The van der Waals surface area contributed by atoms with Crippen LogP contribution in [-0.4, -0.2) is 11.9 Å². The Bertz CT molecular complexity index is 591. The minimum absolute atomic E-state index is 0.272. The average Bonchev–Trinajstić information content (AvgIpc) is 2.69. The minimum Gasteiger partial charge on any atom is -0.392 e. The number of esters is 2. The van der Waals surface area contributed by atoms with Crippen molar-refractivity contribution in [2.24, 2.45) is 5.41 Å². The number of ether oxygens (including phenoxy) is 1. The molecule has 2 atom stereocenters. The number of hydrogen-bond donors (Lipinski definition) is 0. The average molecular weight is 256 g/mol. The Morgan fingerprint density at radius 3 is 2.63 bits per heavy atom. The molecule has 0 radical (unpaired) electrons. The normalized spacial score (nSPS) is 36.2. The van der Waals surface area contributed by atoms with Gasteiger partial charge in [-0.2, -0.15) is 0 Å². The summed E-state index contributed by atoms with van der Waals surface area (Å²) in [4.78, 5) is 24.8. The molecule has 1 aromatic rings. The van der Waals surface area contributed by atoms with E-state index in [1.54, 1.807) is 0 Å². The second-order valence-electron chi connectivity index (χ2n) is 6.03. The number of benzene rings is 1. The summed E-state index contributed by atoms with van der Waals surface area (Å²) in [5.74, 6) is -0.573. The Kier molecular flexibility index (Phi) is 2.05.